The summed E-state index contributed by atoms with van der Waals surface area (Å²) in [5.74, 6) is 3.03. The van der Waals surface area contributed by atoms with Crippen LogP contribution in [0.4, 0.5) is 5.69 Å². The molecule has 6 heteroatoms. The molecule has 0 radical (unpaired) electrons. The molecule has 1 N–H and O–H groups in total. The first-order valence-electron chi connectivity index (χ1n) is 7.84. The number of fused-ring (bicyclic) bond motifs is 1. The van der Waals surface area contributed by atoms with Crippen molar-refractivity contribution in [1.29, 1.82) is 0 Å². The van der Waals surface area contributed by atoms with E-state index in [0.29, 0.717) is 13.2 Å². The van der Waals surface area contributed by atoms with Gasteiger partial charge in [-0.05, 0) is 30.7 Å². The average molecular weight is 394 g/mol. The summed E-state index contributed by atoms with van der Waals surface area (Å²) in [7, 11) is 1.65. The zero-order chi connectivity index (χ0) is 16.9. The Hall–Kier alpha value is -2.08. The number of nitrogens with one attached hydrogen (secondary N) is 1. The third kappa shape index (κ3) is 3.53. The normalized spacial score (nSPS) is 12.1. The van der Waals surface area contributed by atoms with Crippen LogP contribution in [0.25, 0.3) is 0 Å². The molecule has 3 rings (SSSR count). The lowest BCUT2D eigenvalue weighted by Gasteiger charge is -2.17. The molecular weight excluding hydrogens is 374 g/mol. The van der Waals surface area contributed by atoms with E-state index in [0.717, 1.165) is 45.1 Å². The van der Waals surface area contributed by atoms with E-state index in [1.165, 1.54) is 0 Å². The molecule has 2 aromatic rings. The first-order valence-corrected chi connectivity index (χ1v) is 8.64. The van der Waals surface area contributed by atoms with Crippen LogP contribution in [0.15, 0.2) is 34.8 Å². The van der Waals surface area contributed by atoms with Crippen molar-refractivity contribution in [2.75, 3.05) is 25.8 Å². The monoisotopic (exact) mass is 393 g/mol. The third-order valence-corrected chi connectivity index (χ3v) is 4.42. The molecule has 1 aliphatic heterocycles. The molecule has 0 fully saturated rings. The maximum absolute atomic E-state index is 5.91. The molecule has 0 bridgehead atoms. The minimum absolute atomic E-state index is 0.273. The molecule has 128 valence electrons. The highest BCUT2D eigenvalue weighted by Crippen LogP contribution is 2.38. The number of rotatable bonds is 7. The summed E-state index contributed by atoms with van der Waals surface area (Å²) in [5, 5.41) is 3.40. The van der Waals surface area contributed by atoms with Gasteiger partial charge in [-0.3, -0.25) is 0 Å². The third-order valence-electron chi connectivity index (χ3n) is 3.68. The molecule has 0 aliphatic carbocycles. The lowest BCUT2D eigenvalue weighted by atomic mass is 10.1. The summed E-state index contributed by atoms with van der Waals surface area (Å²) < 4.78 is 23.1. The molecule has 0 saturated carbocycles. The summed E-state index contributed by atoms with van der Waals surface area (Å²) in [5.41, 5.74) is 1.97. The topological polar surface area (TPSA) is 49.0 Å². The number of anilines is 1. The fourth-order valence-corrected chi connectivity index (χ4v) is 2.92. The summed E-state index contributed by atoms with van der Waals surface area (Å²) in [4.78, 5) is 0. The van der Waals surface area contributed by atoms with Crippen LogP contribution in [0.2, 0.25) is 0 Å². The van der Waals surface area contributed by atoms with Gasteiger partial charge >= 0.3 is 0 Å². The van der Waals surface area contributed by atoms with E-state index in [1.54, 1.807) is 7.11 Å². The molecule has 0 spiro atoms. The van der Waals surface area contributed by atoms with E-state index < -0.39 is 0 Å². The fraction of sp³-hybridized carbons (Fsp3) is 0.333. The maximum atomic E-state index is 5.91. The van der Waals surface area contributed by atoms with Gasteiger partial charge in [-0.1, -0.05) is 22.9 Å². The van der Waals surface area contributed by atoms with Gasteiger partial charge in [0.15, 0.2) is 23.0 Å². The molecule has 0 aromatic heterocycles. The molecule has 1 heterocycles. The highest BCUT2D eigenvalue weighted by atomic mass is 79.9. The summed E-state index contributed by atoms with van der Waals surface area (Å²) in [6.45, 7) is 3.59. The second-order valence-electron chi connectivity index (χ2n) is 5.33. The summed E-state index contributed by atoms with van der Waals surface area (Å²) in [6, 6.07) is 9.67. The van der Waals surface area contributed by atoms with Crippen molar-refractivity contribution in [1.82, 2.24) is 0 Å². The Morgan fingerprint density at radius 3 is 2.79 bits per heavy atom. The predicted molar refractivity (Wildman–Crippen MR) is 96.4 cm³/mol. The molecule has 1 aliphatic rings. The number of hydrogen-bond donors (Lipinski definition) is 1. The number of ether oxygens (including phenoxy) is 4. The van der Waals surface area contributed by atoms with Gasteiger partial charge in [0.2, 0.25) is 6.79 Å². The Balaban J connectivity index is 1.81. The maximum Gasteiger partial charge on any atom is 0.231 e. The Kier molecular flexibility index (Phi) is 5.35. The second kappa shape index (κ2) is 7.66. The van der Waals surface area contributed by atoms with Crippen LogP contribution >= 0.6 is 15.9 Å². The van der Waals surface area contributed by atoms with Crippen molar-refractivity contribution < 1.29 is 18.9 Å². The van der Waals surface area contributed by atoms with Gasteiger partial charge in [-0.2, -0.15) is 0 Å². The zero-order valence-electron chi connectivity index (χ0n) is 13.7. The lowest BCUT2D eigenvalue weighted by molar-refractivity contribution is 0.174. The minimum atomic E-state index is 0.273. The van der Waals surface area contributed by atoms with Crippen LogP contribution < -0.4 is 24.3 Å². The predicted octanol–water partition coefficient (Wildman–Crippen LogP) is 4.59. The van der Waals surface area contributed by atoms with Gasteiger partial charge in [0.05, 0.1) is 13.7 Å². The van der Waals surface area contributed by atoms with Crippen molar-refractivity contribution in [2.24, 2.45) is 0 Å². The van der Waals surface area contributed by atoms with Gasteiger partial charge in [-0.15, -0.1) is 0 Å². The molecule has 5 nitrogen and oxygen atoms in total. The van der Waals surface area contributed by atoms with Crippen LogP contribution in [0.1, 0.15) is 18.9 Å². The van der Waals surface area contributed by atoms with Gasteiger partial charge in [0.1, 0.15) is 0 Å². The molecule has 0 atom stereocenters. The summed E-state index contributed by atoms with van der Waals surface area (Å²) >= 11 is 3.61. The van der Waals surface area contributed by atoms with Crippen molar-refractivity contribution in [3.8, 4) is 23.0 Å². The van der Waals surface area contributed by atoms with E-state index in [9.17, 15) is 0 Å². The van der Waals surface area contributed by atoms with Crippen LogP contribution in [-0.4, -0.2) is 20.5 Å². The van der Waals surface area contributed by atoms with Crippen LogP contribution in [-0.2, 0) is 6.54 Å². The zero-order valence-corrected chi connectivity index (χ0v) is 15.3. The Morgan fingerprint density at radius 2 is 2.00 bits per heavy atom. The van der Waals surface area contributed by atoms with Crippen molar-refractivity contribution in [3.63, 3.8) is 0 Å². The Labute approximate surface area is 150 Å². The molecule has 0 amide bonds. The smallest absolute Gasteiger partial charge is 0.231 e. The highest BCUT2D eigenvalue weighted by molar-refractivity contribution is 9.10. The number of methoxy groups -OCH3 is 1. The first-order chi connectivity index (χ1) is 11.7. The first kappa shape index (κ1) is 16.8. The standard InChI is InChI=1S/C18H20BrNO4/c1-3-8-22-18-13(14(19)5-7-16(18)21-2)10-20-12-4-6-15-17(9-12)24-11-23-15/h4-7,9,20H,3,8,10-11H2,1-2H3. The number of benzene rings is 2. The number of hydrogen-bond acceptors (Lipinski definition) is 5. The van der Waals surface area contributed by atoms with E-state index in [-0.39, 0.29) is 6.79 Å². The Morgan fingerprint density at radius 1 is 1.17 bits per heavy atom. The van der Waals surface area contributed by atoms with E-state index in [4.69, 9.17) is 18.9 Å². The molecule has 24 heavy (non-hydrogen) atoms. The largest absolute Gasteiger partial charge is 0.493 e. The van der Waals surface area contributed by atoms with E-state index >= 15 is 0 Å². The van der Waals surface area contributed by atoms with Crippen LogP contribution in [0, 0.1) is 0 Å². The second-order valence-corrected chi connectivity index (χ2v) is 6.18. The van der Waals surface area contributed by atoms with E-state index in [1.807, 2.05) is 30.3 Å². The molecule has 0 saturated heterocycles. The van der Waals surface area contributed by atoms with Crippen LogP contribution in [0.5, 0.6) is 23.0 Å². The highest BCUT2D eigenvalue weighted by Gasteiger charge is 2.16. The van der Waals surface area contributed by atoms with Gasteiger partial charge in [0.25, 0.3) is 0 Å². The lowest BCUT2D eigenvalue weighted by Crippen LogP contribution is -2.06. The van der Waals surface area contributed by atoms with Gasteiger partial charge in [-0.25, -0.2) is 0 Å². The van der Waals surface area contributed by atoms with Crippen molar-refractivity contribution in [3.05, 3.63) is 40.4 Å². The minimum Gasteiger partial charge on any atom is -0.493 e. The quantitative estimate of drug-likeness (QED) is 0.745. The van der Waals surface area contributed by atoms with Gasteiger partial charge < -0.3 is 24.3 Å². The molecular formula is C18H20BrNO4. The van der Waals surface area contributed by atoms with Gasteiger partial charge in [0, 0.05) is 28.3 Å². The van der Waals surface area contributed by atoms with Crippen molar-refractivity contribution >= 4 is 21.6 Å². The Bertz CT molecular complexity index is 720. The molecule has 2 aromatic carbocycles. The summed E-state index contributed by atoms with van der Waals surface area (Å²) in [6.07, 6.45) is 0.935. The SMILES string of the molecule is CCCOc1c(OC)ccc(Br)c1CNc1ccc2c(c1)OCO2. The van der Waals surface area contributed by atoms with Crippen molar-refractivity contribution in [2.45, 2.75) is 19.9 Å². The number of halogens is 1. The van der Waals surface area contributed by atoms with E-state index in [2.05, 4.69) is 28.2 Å². The average Bonchev–Trinajstić information content (AvgIpc) is 3.06. The fourth-order valence-electron chi connectivity index (χ4n) is 2.47. The molecule has 0 unspecified atom stereocenters. The van der Waals surface area contributed by atoms with Crippen LogP contribution in [0.3, 0.4) is 0 Å².